The fourth-order valence-electron chi connectivity index (χ4n) is 3.58. The van der Waals surface area contributed by atoms with Gasteiger partial charge in [-0.2, -0.15) is 0 Å². The van der Waals surface area contributed by atoms with Crippen LogP contribution < -0.4 is 9.64 Å². The van der Waals surface area contributed by atoms with Crippen LogP contribution in [0.2, 0.25) is 0 Å². The van der Waals surface area contributed by atoms with Crippen molar-refractivity contribution in [2.75, 3.05) is 6.54 Å². The fraction of sp³-hybridized carbons (Fsp3) is 0.615. The van der Waals surface area contributed by atoms with Gasteiger partial charge in [-0.1, -0.05) is 40.2 Å². The van der Waals surface area contributed by atoms with Crippen LogP contribution in [0.15, 0.2) is 24.4 Å². The standard InChI is InChI=1S/C21H30N2O4.C3H8.C2H6/c1-14(2)23(15(3)4)12-11-16-13-22-17-7-5-8-18(21(16)17)27-20(26)10-6-9-19(24)25;1-3-2;1-2/h5,7-8,13-15,22H,6,9-12H2,1-4H3,(H,24,25);3H2,1-2H3;1-2H3/p+1. The minimum Gasteiger partial charge on any atom is -0.481 e. The van der Waals surface area contributed by atoms with Crippen LogP contribution in [0.1, 0.15) is 86.6 Å². The van der Waals surface area contributed by atoms with Gasteiger partial charge in [-0.05, 0) is 51.8 Å². The number of aromatic amines is 1. The molecule has 32 heavy (non-hydrogen) atoms. The highest BCUT2D eigenvalue weighted by Crippen LogP contribution is 2.29. The molecule has 0 amide bonds. The monoisotopic (exact) mass is 449 g/mol. The van der Waals surface area contributed by atoms with Crippen molar-refractivity contribution in [1.29, 1.82) is 0 Å². The van der Waals surface area contributed by atoms with Crippen LogP contribution >= 0.6 is 0 Å². The normalized spacial score (nSPS) is 10.6. The van der Waals surface area contributed by atoms with E-state index in [4.69, 9.17) is 9.84 Å². The zero-order valence-electron chi connectivity index (χ0n) is 21.4. The molecule has 2 rings (SSSR count). The largest absolute Gasteiger partial charge is 0.481 e. The summed E-state index contributed by atoms with van der Waals surface area (Å²) in [6, 6.07) is 6.70. The number of fused-ring (bicyclic) bond motifs is 1. The van der Waals surface area contributed by atoms with Crippen molar-refractivity contribution in [3.8, 4) is 5.75 Å². The first-order chi connectivity index (χ1) is 15.2. The number of ether oxygens (including phenoxy) is 1. The van der Waals surface area contributed by atoms with Crippen LogP contribution in [0.25, 0.3) is 10.9 Å². The predicted molar refractivity (Wildman–Crippen MR) is 133 cm³/mol. The molecule has 0 radical (unpaired) electrons. The Bertz CT molecular complexity index is 788. The van der Waals surface area contributed by atoms with Crippen molar-refractivity contribution < 1.29 is 24.3 Å². The smallest absolute Gasteiger partial charge is 0.311 e. The van der Waals surface area contributed by atoms with Crippen LogP contribution in [-0.2, 0) is 16.0 Å². The maximum atomic E-state index is 12.1. The summed E-state index contributed by atoms with van der Waals surface area (Å²) in [5.74, 6) is -0.757. The SMILES string of the molecule is CC.CC(C)[NH+](CCc1c[nH]c2cccc(OC(=O)CCCC(=O)O)c12)C(C)C.CCC. The number of carbonyl (C=O) groups excluding carboxylic acids is 1. The Labute approximate surface area is 194 Å². The molecule has 6 heteroatoms. The number of carboxylic acids is 1. The number of esters is 1. The highest BCUT2D eigenvalue weighted by Gasteiger charge is 2.19. The minimum absolute atomic E-state index is 0.0300. The summed E-state index contributed by atoms with van der Waals surface area (Å²) in [4.78, 5) is 27.5. The summed E-state index contributed by atoms with van der Waals surface area (Å²) < 4.78 is 5.55. The quantitative estimate of drug-likeness (QED) is 0.351. The van der Waals surface area contributed by atoms with Gasteiger partial charge in [-0.15, -0.1) is 0 Å². The molecule has 0 aliphatic carbocycles. The fourth-order valence-corrected chi connectivity index (χ4v) is 3.58. The highest BCUT2D eigenvalue weighted by atomic mass is 16.5. The number of rotatable bonds is 10. The molecule has 0 saturated carbocycles. The number of carbonyl (C=O) groups is 2. The molecule has 0 aliphatic rings. The first-order valence-electron chi connectivity index (χ1n) is 12.1. The zero-order valence-corrected chi connectivity index (χ0v) is 21.4. The van der Waals surface area contributed by atoms with Gasteiger partial charge in [0.15, 0.2) is 0 Å². The first kappa shape index (κ1) is 29.7. The van der Waals surface area contributed by atoms with Gasteiger partial charge in [0.05, 0.1) is 18.6 Å². The molecule has 0 saturated heterocycles. The summed E-state index contributed by atoms with van der Waals surface area (Å²) >= 11 is 0. The molecular formula is C26H45N2O4+. The van der Waals surface area contributed by atoms with E-state index < -0.39 is 11.9 Å². The van der Waals surface area contributed by atoms with Crippen molar-refractivity contribution in [3.63, 3.8) is 0 Å². The lowest BCUT2D eigenvalue weighted by molar-refractivity contribution is -0.942. The first-order valence-corrected chi connectivity index (χ1v) is 12.1. The van der Waals surface area contributed by atoms with Crippen LogP contribution in [0.4, 0.5) is 0 Å². The molecule has 0 atom stereocenters. The number of aromatic nitrogens is 1. The Hall–Kier alpha value is -2.34. The van der Waals surface area contributed by atoms with E-state index >= 15 is 0 Å². The number of carboxylic acid groups (broad SMARTS) is 1. The molecular weight excluding hydrogens is 404 g/mol. The summed E-state index contributed by atoms with van der Waals surface area (Å²) in [7, 11) is 0. The lowest BCUT2D eigenvalue weighted by atomic mass is 10.1. The van der Waals surface area contributed by atoms with Gasteiger partial charge in [-0.25, -0.2) is 0 Å². The molecule has 3 N–H and O–H groups in total. The molecule has 182 valence electrons. The number of nitrogens with one attached hydrogen (secondary N) is 2. The molecule has 1 aromatic carbocycles. The molecule has 6 nitrogen and oxygen atoms in total. The van der Waals surface area contributed by atoms with Crippen molar-refractivity contribution in [2.24, 2.45) is 0 Å². The number of quaternary nitrogens is 1. The Morgan fingerprint density at radius 2 is 1.66 bits per heavy atom. The maximum absolute atomic E-state index is 12.1. The average molecular weight is 450 g/mol. The Balaban J connectivity index is 0.00000177. The van der Waals surface area contributed by atoms with Crippen LogP contribution in [0, 0.1) is 0 Å². The molecule has 0 fully saturated rings. The summed E-state index contributed by atoms with van der Waals surface area (Å²) in [6.07, 6.45) is 4.48. The van der Waals surface area contributed by atoms with Crippen LogP contribution in [-0.4, -0.2) is 40.7 Å². The van der Waals surface area contributed by atoms with Gasteiger partial charge in [0.25, 0.3) is 0 Å². The third kappa shape index (κ3) is 10.3. The van der Waals surface area contributed by atoms with Crippen molar-refractivity contribution in [2.45, 2.75) is 99.6 Å². The minimum atomic E-state index is -0.903. The van der Waals surface area contributed by atoms with E-state index in [9.17, 15) is 9.59 Å². The van der Waals surface area contributed by atoms with E-state index in [2.05, 4.69) is 46.5 Å². The second-order valence-electron chi connectivity index (χ2n) is 8.31. The lowest BCUT2D eigenvalue weighted by Gasteiger charge is -2.27. The van der Waals surface area contributed by atoms with E-state index in [0.717, 1.165) is 29.4 Å². The third-order valence-electron chi connectivity index (χ3n) is 4.91. The number of benzene rings is 1. The molecule has 2 aromatic rings. The maximum Gasteiger partial charge on any atom is 0.311 e. The van der Waals surface area contributed by atoms with Gasteiger partial charge in [0.2, 0.25) is 0 Å². The zero-order chi connectivity index (χ0) is 24.7. The third-order valence-corrected chi connectivity index (χ3v) is 4.91. The van der Waals surface area contributed by atoms with Crippen LogP contribution in [0.5, 0.6) is 5.75 Å². The predicted octanol–water partition coefficient (Wildman–Crippen LogP) is 5.01. The number of hydrogen-bond acceptors (Lipinski definition) is 3. The Morgan fingerprint density at radius 3 is 2.19 bits per heavy atom. The molecule has 0 unspecified atom stereocenters. The van der Waals surface area contributed by atoms with E-state index in [1.165, 1.54) is 11.3 Å². The molecule has 1 aromatic heterocycles. The van der Waals surface area contributed by atoms with E-state index in [0.29, 0.717) is 17.8 Å². The van der Waals surface area contributed by atoms with E-state index in [1.807, 2.05) is 32.2 Å². The van der Waals surface area contributed by atoms with Gasteiger partial charge in [-0.3, -0.25) is 9.59 Å². The van der Waals surface area contributed by atoms with Gasteiger partial charge in [0, 0.05) is 36.4 Å². The van der Waals surface area contributed by atoms with E-state index in [-0.39, 0.29) is 19.3 Å². The topological polar surface area (TPSA) is 83.8 Å². The molecule has 1 heterocycles. The molecule has 0 spiro atoms. The summed E-state index contributed by atoms with van der Waals surface area (Å²) in [5.41, 5.74) is 2.08. The van der Waals surface area contributed by atoms with E-state index in [1.54, 1.807) is 6.07 Å². The second-order valence-corrected chi connectivity index (χ2v) is 8.31. The van der Waals surface area contributed by atoms with Gasteiger partial charge < -0.3 is 19.7 Å². The molecule has 0 bridgehead atoms. The van der Waals surface area contributed by atoms with Gasteiger partial charge >= 0.3 is 11.9 Å². The molecule has 0 aliphatic heterocycles. The Kier molecular flexibility index (Phi) is 15.1. The van der Waals surface area contributed by atoms with Crippen molar-refractivity contribution in [3.05, 3.63) is 30.0 Å². The van der Waals surface area contributed by atoms with Crippen LogP contribution in [0.3, 0.4) is 0 Å². The Morgan fingerprint density at radius 1 is 1.06 bits per heavy atom. The van der Waals surface area contributed by atoms with Gasteiger partial charge in [0.1, 0.15) is 5.75 Å². The highest BCUT2D eigenvalue weighted by molar-refractivity contribution is 5.91. The average Bonchev–Trinajstić information content (AvgIpc) is 3.13. The number of H-pyrrole nitrogens is 1. The number of hydrogen-bond donors (Lipinski definition) is 3. The second kappa shape index (κ2) is 16.3. The van der Waals surface area contributed by atoms with Crippen molar-refractivity contribution >= 4 is 22.8 Å². The summed E-state index contributed by atoms with van der Waals surface area (Å²) in [5, 5.41) is 9.63. The van der Waals surface area contributed by atoms with Crippen molar-refractivity contribution in [1.82, 2.24) is 4.98 Å². The lowest BCUT2D eigenvalue weighted by Crippen LogP contribution is -3.18. The summed E-state index contributed by atoms with van der Waals surface area (Å²) in [6.45, 7) is 18.2. The number of aliphatic carboxylic acids is 1.